The molecule has 0 aromatic carbocycles. The fourth-order valence-electron chi connectivity index (χ4n) is 2.53. The second-order valence-electron chi connectivity index (χ2n) is 5.33. The third-order valence-electron chi connectivity index (χ3n) is 3.91. The van der Waals surface area contributed by atoms with Crippen molar-refractivity contribution in [3.8, 4) is 0 Å². The van der Waals surface area contributed by atoms with Crippen LogP contribution in [-0.2, 0) is 9.53 Å². The molecule has 0 bridgehead atoms. The lowest BCUT2D eigenvalue weighted by molar-refractivity contribution is -0.144. The van der Waals surface area contributed by atoms with Gasteiger partial charge >= 0.3 is 5.97 Å². The Morgan fingerprint density at radius 1 is 1.61 bits per heavy atom. The number of hydrogen-bond donors (Lipinski definition) is 2. The van der Waals surface area contributed by atoms with E-state index >= 15 is 0 Å². The zero-order valence-corrected chi connectivity index (χ0v) is 11.9. The van der Waals surface area contributed by atoms with E-state index in [1.807, 2.05) is 14.0 Å². The maximum Gasteiger partial charge on any atom is 0.323 e. The lowest BCUT2D eigenvalue weighted by Gasteiger charge is -2.31. The summed E-state index contributed by atoms with van der Waals surface area (Å²) in [6, 6.07) is 0.407. The molecule has 0 aliphatic carbocycles. The highest BCUT2D eigenvalue weighted by atomic mass is 16.5. The van der Waals surface area contributed by atoms with Gasteiger partial charge < -0.3 is 20.1 Å². The van der Waals surface area contributed by atoms with Gasteiger partial charge in [-0.1, -0.05) is 6.92 Å². The van der Waals surface area contributed by atoms with E-state index in [-0.39, 0.29) is 6.10 Å². The normalized spacial score (nSPS) is 27.4. The molecule has 1 rings (SSSR count). The molecule has 3 atom stereocenters. The van der Waals surface area contributed by atoms with Crippen molar-refractivity contribution in [3.63, 3.8) is 0 Å². The van der Waals surface area contributed by atoms with Gasteiger partial charge in [-0.15, -0.1) is 0 Å². The average molecular weight is 258 g/mol. The number of carboxylic acids is 1. The van der Waals surface area contributed by atoms with E-state index < -0.39 is 11.5 Å². The Morgan fingerprint density at radius 2 is 2.28 bits per heavy atom. The van der Waals surface area contributed by atoms with Crippen molar-refractivity contribution in [2.75, 3.05) is 26.7 Å². The van der Waals surface area contributed by atoms with Crippen LogP contribution in [0.15, 0.2) is 0 Å². The molecule has 0 saturated carbocycles. The minimum atomic E-state index is -0.842. The van der Waals surface area contributed by atoms with Crippen molar-refractivity contribution in [2.24, 2.45) is 0 Å². The molecular formula is C13H26N2O3. The Hall–Kier alpha value is -0.650. The molecule has 1 heterocycles. The van der Waals surface area contributed by atoms with E-state index in [0.717, 1.165) is 19.6 Å². The molecule has 1 aliphatic heterocycles. The minimum Gasteiger partial charge on any atom is -0.480 e. The first-order valence-corrected chi connectivity index (χ1v) is 6.71. The lowest BCUT2D eigenvalue weighted by Crippen LogP contribution is -2.52. The van der Waals surface area contributed by atoms with E-state index in [1.165, 1.54) is 0 Å². The molecule has 2 N–H and O–H groups in total. The van der Waals surface area contributed by atoms with Gasteiger partial charge in [0, 0.05) is 19.2 Å². The molecular weight excluding hydrogens is 232 g/mol. The summed E-state index contributed by atoms with van der Waals surface area (Å²) in [7, 11) is 2.05. The van der Waals surface area contributed by atoms with Crippen molar-refractivity contribution in [3.05, 3.63) is 0 Å². The number of carboxylic acid groups (broad SMARTS) is 1. The predicted octanol–water partition coefficient (Wildman–Crippen LogP) is 0.939. The quantitative estimate of drug-likeness (QED) is 0.711. The summed E-state index contributed by atoms with van der Waals surface area (Å²) in [4.78, 5) is 13.5. The molecule has 0 aromatic rings. The van der Waals surface area contributed by atoms with Gasteiger partial charge in [0.15, 0.2) is 0 Å². The Morgan fingerprint density at radius 3 is 2.72 bits per heavy atom. The Kier molecular flexibility index (Phi) is 5.56. The largest absolute Gasteiger partial charge is 0.480 e. The van der Waals surface area contributed by atoms with Gasteiger partial charge in [-0.05, 0) is 40.3 Å². The van der Waals surface area contributed by atoms with Crippen molar-refractivity contribution >= 4 is 5.97 Å². The van der Waals surface area contributed by atoms with Crippen LogP contribution in [0.5, 0.6) is 0 Å². The molecule has 0 radical (unpaired) electrons. The molecule has 18 heavy (non-hydrogen) atoms. The molecule has 5 nitrogen and oxygen atoms in total. The summed E-state index contributed by atoms with van der Waals surface area (Å²) < 4.78 is 5.54. The van der Waals surface area contributed by atoms with Gasteiger partial charge in [-0.3, -0.25) is 4.79 Å². The van der Waals surface area contributed by atoms with Crippen LogP contribution < -0.4 is 5.32 Å². The topological polar surface area (TPSA) is 61.8 Å². The van der Waals surface area contributed by atoms with E-state index in [1.54, 1.807) is 6.92 Å². The number of nitrogens with one attached hydrogen (secondary N) is 1. The van der Waals surface area contributed by atoms with Crippen molar-refractivity contribution in [1.29, 1.82) is 0 Å². The number of nitrogens with zero attached hydrogens (tertiary/aromatic N) is 1. The standard InChI is InChI=1S/C13H26N2O3/c1-5-14-13(3,12(16)17)7-8-15(4)11-6-9-18-10(11)2/h10-11,14H,5-9H2,1-4H3,(H,16,17). The van der Waals surface area contributed by atoms with Crippen molar-refractivity contribution < 1.29 is 14.6 Å². The third-order valence-corrected chi connectivity index (χ3v) is 3.91. The number of hydrogen-bond acceptors (Lipinski definition) is 4. The first-order chi connectivity index (χ1) is 8.40. The molecule has 3 unspecified atom stereocenters. The lowest BCUT2D eigenvalue weighted by atomic mass is 9.97. The highest BCUT2D eigenvalue weighted by Crippen LogP contribution is 2.20. The summed E-state index contributed by atoms with van der Waals surface area (Å²) in [5, 5.41) is 12.3. The first kappa shape index (κ1) is 15.4. The van der Waals surface area contributed by atoms with Gasteiger partial charge in [0.1, 0.15) is 5.54 Å². The molecule has 0 amide bonds. The van der Waals surface area contributed by atoms with Gasteiger partial charge in [0.2, 0.25) is 0 Å². The molecule has 0 aromatic heterocycles. The van der Waals surface area contributed by atoms with Gasteiger partial charge in [-0.2, -0.15) is 0 Å². The van der Waals surface area contributed by atoms with Crippen molar-refractivity contribution in [2.45, 2.75) is 51.3 Å². The number of rotatable bonds is 7. The fraction of sp³-hybridized carbons (Fsp3) is 0.923. The molecule has 0 spiro atoms. The maximum absolute atomic E-state index is 11.3. The SMILES string of the molecule is CCNC(C)(CCN(C)C1CCOC1C)C(=O)O. The Labute approximate surface area is 109 Å². The van der Waals surface area contributed by atoms with Crippen LogP contribution in [0.25, 0.3) is 0 Å². The summed E-state index contributed by atoms with van der Waals surface area (Å²) in [5.41, 5.74) is -0.842. The van der Waals surface area contributed by atoms with E-state index in [2.05, 4.69) is 17.1 Å². The predicted molar refractivity (Wildman–Crippen MR) is 70.8 cm³/mol. The molecule has 106 valence electrons. The van der Waals surface area contributed by atoms with Gasteiger partial charge in [-0.25, -0.2) is 0 Å². The average Bonchev–Trinajstić information content (AvgIpc) is 2.72. The minimum absolute atomic E-state index is 0.241. The highest BCUT2D eigenvalue weighted by molar-refractivity contribution is 5.78. The molecule has 1 fully saturated rings. The molecule has 1 aliphatic rings. The van der Waals surface area contributed by atoms with Crippen LogP contribution in [0.3, 0.4) is 0 Å². The second-order valence-corrected chi connectivity index (χ2v) is 5.33. The smallest absolute Gasteiger partial charge is 0.323 e. The third kappa shape index (κ3) is 3.67. The van der Waals surface area contributed by atoms with Crippen LogP contribution in [0.4, 0.5) is 0 Å². The number of likely N-dealkylation sites (N-methyl/N-ethyl adjacent to an activating group) is 2. The van der Waals surface area contributed by atoms with E-state index in [0.29, 0.717) is 19.0 Å². The number of ether oxygens (including phenoxy) is 1. The first-order valence-electron chi connectivity index (χ1n) is 6.71. The highest BCUT2D eigenvalue weighted by Gasteiger charge is 2.34. The van der Waals surface area contributed by atoms with Crippen LogP contribution in [0, 0.1) is 0 Å². The summed E-state index contributed by atoms with van der Waals surface area (Å²) >= 11 is 0. The van der Waals surface area contributed by atoms with Crippen LogP contribution >= 0.6 is 0 Å². The summed E-state index contributed by atoms with van der Waals surface area (Å²) in [6.07, 6.45) is 1.86. The maximum atomic E-state index is 11.3. The summed E-state index contributed by atoms with van der Waals surface area (Å²) in [6.45, 7) is 7.98. The van der Waals surface area contributed by atoms with Gasteiger partial charge in [0.05, 0.1) is 6.10 Å². The molecule has 5 heteroatoms. The Bertz CT molecular complexity index is 285. The second kappa shape index (κ2) is 6.50. The number of carbonyl (C=O) groups is 1. The number of aliphatic carboxylic acids is 1. The summed E-state index contributed by atoms with van der Waals surface area (Å²) in [5.74, 6) is -0.784. The van der Waals surface area contributed by atoms with E-state index in [9.17, 15) is 9.90 Å². The van der Waals surface area contributed by atoms with E-state index in [4.69, 9.17) is 4.74 Å². The fourth-order valence-corrected chi connectivity index (χ4v) is 2.53. The van der Waals surface area contributed by atoms with Crippen LogP contribution in [0.1, 0.15) is 33.6 Å². The van der Waals surface area contributed by atoms with Crippen LogP contribution in [0.2, 0.25) is 0 Å². The zero-order chi connectivity index (χ0) is 13.8. The van der Waals surface area contributed by atoms with Crippen molar-refractivity contribution in [1.82, 2.24) is 10.2 Å². The van der Waals surface area contributed by atoms with Crippen LogP contribution in [-0.4, -0.2) is 60.4 Å². The van der Waals surface area contributed by atoms with Gasteiger partial charge in [0.25, 0.3) is 0 Å². The zero-order valence-electron chi connectivity index (χ0n) is 11.9. The Balaban J connectivity index is 2.49. The molecule has 1 saturated heterocycles. The monoisotopic (exact) mass is 258 g/mol.